The van der Waals surface area contributed by atoms with Crippen molar-refractivity contribution in [2.24, 2.45) is 5.16 Å². The van der Waals surface area contributed by atoms with Crippen LogP contribution >= 0.6 is 46.2 Å². The lowest BCUT2D eigenvalue weighted by molar-refractivity contribution is -0.150. The summed E-state index contributed by atoms with van der Waals surface area (Å²) in [6.07, 6.45) is 0. The van der Waals surface area contributed by atoms with Crippen LogP contribution in [0.15, 0.2) is 26.1 Å². The first-order valence-corrected chi connectivity index (χ1v) is 12.8. The van der Waals surface area contributed by atoms with Gasteiger partial charge in [0.15, 0.2) is 15.2 Å². The van der Waals surface area contributed by atoms with Gasteiger partial charge in [-0.25, -0.2) is 9.78 Å². The van der Waals surface area contributed by atoms with Crippen molar-refractivity contribution in [1.82, 2.24) is 25.4 Å². The van der Waals surface area contributed by atoms with Crippen molar-refractivity contribution in [3.8, 4) is 0 Å². The first-order valence-electron chi connectivity index (χ1n) is 9.04. The van der Waals surface area contributed by atoms with E-state index >= 15 is 0 Å². The van der Waals surface area contributed by atoms with E-state index in [0.717, 1.165) is 16.2 Å². The third kappa shape index (κ3) is 4.54. The van der Waals surface area contributed by atoms with Gasteiger partial charge in [0.2, 0.25) is 0 Å². The van der Waals surface area contributed by atoms with Crippen molar-refractivity contribution in [2.45, 2.75) is 22.4 Å². The predicted octanol–water partition coefficient (Wildman–Crippen LogP) is -0.222. The molecule has 2 aromatic rings. The van der Waals surface area contributed by atoms with Crippen molar-refractivity contribution in [3.63, 3.8) is 0 Å². The van der Waals surface area contributed by atoms with Crippen LogP contribution in [0, 0.1) is 0 Å². The van der Waals surface area contributed by atoms with E-state index in [-0.39, 0.29) is 28.9 Å². The lowest BCUT2D eigenvalue weighted by atomic mass is 10.0. The Kier molecular flexibility index (Phi) is 6.84. The monoisotopic (exact) mass is 529 g/mol. The van der Waals surface area contributed by atoms with E-state index in [1.54, 1.807) is 0 Å². The van der Waals surface area contributed by atoms with E-state index in [2.05, 4.69) is 25.7 Å². The number of carboxylic acid groups (broad SMARTS) is 1. The molecule has 0 saturated carbocycles. The van der Waals surface area contributed by atoms with Crippen LogP contribution in [0.5, 0.6) is 0 Å². The van der Waals surface area contributed by atoms with Crippen molar-refractivity contribution in [3.05, 3.63) is 27.4 Å². The summed E-state index contributed by atoms with van der Waals surface area (Å²) in [5, 5.41) is 42.7. The zero-order valence-electron chi connectivity index (χ0n) is 16.4. The highest BCUT2D eigenvalue weighted by Crippen LogP contribution is 2.41. The fourth-order valence-electron chi connectivity index (χ4n) is 3.12. The molecule has 2 aromatic heterocycles. The SMILES string of the molecule is Nc1nc(/C(=N\O)C(=O)NC2C(=O)N3C(C(=O)O)=C(CSc4nnc(CO)s4)CSC23)cs1. The zero-order valence-corrected chi connectivity index (χ0v) is 19.6. The smallest absolute Gasteiger partial charge is 0.352 e. The van der Waals surface area contributed by atoms with Crippen LogP contribution < -0.4 is 11.1 Å². The number of aliphatic carboxylic acids is 1. The Labute approximate surface area is 201 Å². The summed E-state index contributed by atoms with van der Waals surface area (Å²) in [6, 6.07) is -0.992. The highest BCUT2D eigenvalue weighted by Gasteiger charge is 2.54. The van der Waals surface area contributed by atoms with Crippen LogP contribution in [0.1, 0.15) is 10.7 Å². The summed E-state index contributed by atoms with van der Waals surface area (Å²) in [5.74, 6) is -2.08. The van der Waals surface area contributed by atoms with Gasteiger partial charge in [-0.3, -0.25) is 14.5 Å². The molecule has 0 bridgehead atoms. The number of oxime groups is 1. The Bertz CT molecular complexity index is 1180. The minimum absolute atomic E-state index is 0.0592. The fraction of sp³-hybridized carbons (Fsp3) is 0.312. The topological polar surface area (TPSA) is 204 Å². The summed E-state index contributed by atoms with van der Waals surface area (Å²) in [5.41, 5.74) is 5.60. The number of hydrogen-bond donors (Lipinski definition) is 5. The number of carboxylic acids is 1. The number of nitrogens with two attached hydrogens (primary N) is 1. The highest BCUT2D eigenvalue weighted by molar-refractivity contribution is 8.01. The van der Waals surface area contributed by atoms with Crippen LogP contribution in [0.25, 0.3) is 0 Å². The molecular weight excluding hydrogens is 514 g/mol. The zero-order chi connectivity index (χ0) is 23.7. The Hall–Kier alpha value is -2.73. The molecule has 174 valence electrons. The van der Waals surface area contributed by atoms with E-state index in [9.17, 15) is 24.7 Å². The van der Waals surface area contributed by atoms with Crippen LogP contribution in [-0.4, -0.2) is 81.9 Å². The summed E-state index contributed by atoms with van der Waals surface area (Å²) in [4.78, 5) is 42.3. The molecule has 13 nitrogen and oxygen atoms in total. The van der Waals surface area contributed by atoms with Gasteiger partial charge in [0.05, 0.1) is 6.61 Å². The van der Waals surface area contributed by atoms with Crippen LogP contribution in [0.3, 0.4) is 0 Å². The average molecular weight is 530 g/mol. The first-order chi connectivity index (χ1) is 15.8. The number of aliphatic hydroxyl groups is 1. The molecular formula is C16H15N7O6S4. The van der Waals surface area contributed by atoms with E-state index < -0.39 is 34.9 Å². The Morgan fingerprint density at radius 1 is 1.39 bits per heavy atom. The maximum atomic E-state index is 12.8. The minimum Gasteiger partial charge on any atom is -0.477 e. The molecule has 2 amide bonds. The summed E-state index contributed by atoms with van der Waals surface area (Å²) in [7, 11) is 0. The number of carbonyl (C=O) groups excluding carboxylic acids is 2. The number of hydrogen-bond acceptors (Lipinski definition) is 14. The van der Waals surface area contributed by atoms with Gasteiger partial charge in [0, 0.05) is 16.9 Å². The van der Waals surface area contributed by atoms with Gasteiger partial charge in [-0.1, -0.05) is 28.3 Å². The second-order valence-corrected chi connectivity index (χ2v) is 10.8. The number of nitrogens with zero attached hydrogens (tertiary/aromatic N) is 5. The van der Waals surface area contributed by atoms with Gasteiger partial charge in [-0.15, -0.1) is 33.3 Å². The van der Waals surface area contributed by atoms with Gasteiger partial charge >= 0.3 is 5.97 Å². The van der Waals surface area contributed by atoms with E-state index in [4.69, 9.17) is 10.8 Å². The third-order valence-corrected chi connectivity index (χ3v) is 8.71. The van der Waals surface area contributed by atoms with Crippen molar-refractivity contribution >= 4 is 74.8 Å². The number of nitrogen functional groups attached to an aromatic ring is 1. The summed E-state index contributed by atoms with van der Waals surface area (Å²) >= 11 is 4.83. The average Bonchev–Trinajstić information content (AvgIpc) is 3.44. The quantitative estimate of drug-likeness (QED) is 0.0989. The molecule has 17 heteroatoms. The Balaban J connectivity index is 1.47. The van der Waals surface area contributed by atoms with Crippen LogP contribution in [0.2, 0.25) is 0 Å². The number of fused-ring (bicyclic) bond motifs is 1. The number of thiazole rings is 1. The van der Waals surface area contributed by atoms with Gasteiger partial charge < -0.3 is 26.5 Å². The molecule has 1 fully saturated rings. The molecule has 0 radical (unpaired) electrons. The van der Waals surface area contributed by atoms with Crippen molar-refractivity contribution in [1.29, 1.82) is 0 Å². The normalized spacial score (nSPS) is 20.5. The summed E-state index contributed by atoms with van der Waals surface area (Å²) in [6.45, 7) is -0.229. The maximum Gasteiger partial charge on any atom is 0.352 e. The number of rotatable bonds is 8. The molecule has 0 aromatic carbocycles. The van der Waals surface area contributed by atoms with Crippen LogP contribution in [-0.2, 0) is 21.0 Å². The second kappa shape index (κ2) is 9.64. The largest absolute Gasteiger partial charge is 0.477 e. The van der Waals surface area contributed by atoms with Gasteiger partial charge in [-0.05, 0) is 5.57 Å². The standard InChI is InChI=1S/C16H15N7O6S4/c17-15-18-6(4-31-15)8(22-29)11(25)19-9-12(26)23-10(14(27)28)5(2-30-13(9)23)3-32-16-21-20-7(1-24)33-16/h4,9,13,24,29H,1-3H2,(H2,17,18)(H,19,25)(H,27,28)/b22-8+. The van der Waals surface area contributed by atoms with Crippen molar-refractivity contribution in [2.75, 3.05) is 17.2 Å². The van der Waals surface area contributed by atoms with Crippen LogP contribution in [0.4, 0.5) is 5.13 Å². The molecule has 4 rings (SSSR count). The molecule has 33 heavy (non-hydrogen) atoms. The number of aliphatic hydroxyl groups excluding tert-OH is 1. The number of thioether (sulfide) groups is 2. The lowest BCUT2D eigenvalue weighted by Gasteiger charge is -2.49. The van der Waals surface area contributed by atoms with Gasteiger partial charge in [0.1, 0.15) is 27.8 Å². The van der Waals surface area contributed by atoms with E-state index in [1.165, 1.54) is 40.2 Å². The van der Waals surface area contributed by atoms with E-state index in [0.29, 0.717) is 20.7 Å². The number of nitrogens with one attached hydrogen (secondary N) is 1. The van der Waals surface area contributed by atoms with Gasteiger partial charge in [-0.2, -0.15) is 0 Å². The molecule has 2 aliphatic heterocycles. The minimum atomic E-state index is -1.25. The number of amides is 2. The fourth-order valence-corrected chi connectivity index (χ4v) is 6.91. The molecule has 2 atom stereocenters. The third-order valence-electron chi connectivity index (χ3n) is 4.57. The molecule has 2 aliphatic rings. The predicted molar refractivity (Wildman–Crippen MR) is 121 cm³/mol. The number of β-lactam (4-membered cyclic amide) rings is 1. The molecule has 0 spiro atoms. The maximum absolute atomic E-state index is 12.8. The second-order valence-electron chi connectivity index (χ2n) is 6.55. The van der Waals surface area contributed by atoms with Crippen molar-refractivity contribution < 1.29 is 29.8 Å². The Morgan fingerprint density at radius 3 is 2.79 bits per heavy atom. The van der Waals surface area contributed by atoms with Gasteiger partial charge in [0.25, 0.3) is 11.8 Å². The summed E-state index contributed by atoms with van der Waals surface area (Å²) < 4.78 is 0.571. The molecule has 6 N–H and O–H groups in total. The number of carbonyl (C=O) groups is 3. The molecule has 1 saturated heterocycles. The van der Waals surface area contributed by atoms with E-state index in [1.807, 2.05) is 0 Å². The highest BCUT2D eigenvalue weighted by atomic mass is 32.2. The number of anilines is 1. The molecule has 4 heterocycles. The lowest BCUT2D eigenvalue weighted by Crippen LogP contribution is -2.71. The number of aromatic nitrogens is 3. The first kappa shape index (κ1) is 23.4. The Morgan fingerprint density at radius 2 is 2.18 bits per heavy atom. The molecule has 2 unspecified atom stereocenters. The molecule has 0 aliphatic carbocycles.